The monoisotopic (exact) mass is 231 g/mol. The second-order valence-corrected chi connectivity index (χ2v) is 4.82. The van der Waals surface area contributed by atoms with Crippen LogP contribution in [0, 0.1) is 0 Å². The van der Waals surface area contributed by atoms with E-state index in [0.29, 0.717) is 19.8 Å². The zero-order valence-corrected chi connectivity index (χ0v) is 10.5. The molecule has 0 spiro atoms. The van der Waals surface area contributed by atoms with Gasteiger partial charge in [-0.15, -0.1) is 0 Å². The molecule has 2 atom stereocenters. The normalized spacial score (nSPS) is 24.6. The van der Waals surface area contributed by atoms with Crippen LogP contribution in [0.5, 0.6) is 0 Å². The highest BCUT2D eigenvalue weighted by Gasteiger charge is 2.22. The number of nitrogens with one attached hydrogen (secondary N) is 1. The molecule has 0 radical (unpaired) electrons. The van der Waals surface area contributed by atoms with Crippen molar-refractivity contribution in [2.45, 2.75) is 44.8 Å². The van der Waals surface area contributed by atoms with Gasteiger partial charge in [0, 0.05) is 13.2 Å². The molecule has 1 aliphatic heterocycles. The van der Waals surface area contributed by atoms with Crippen LogP contribution >= 0.6 is 0 Å². The minimum Gasteiger partial charge on any atom is -0.386 e. The maximum atomic E-state index is 9.99. The van der Waals surface area contributed by atoms with E-state index < -0.39 is 5.60 Å². The third-order valence-electron chi connectivity index (χ3n) is 2.67. The Morgan fingerprint density at radius 2 is 2.38 bits per heavy atom. The summed E-state index contributed by atoms with van der Waals surface area (Å²) in [6, 6.07) is 0. The van der Waals surface area contributed by atoms with E-state index in [1.807, 2.05) is 0 Å². The van der Waals surface area contributed by atoms with Crippen LogP contribution in [0.3, 0.4) is 0 Å². The highest BCUT2D eigenvalue weighted by molar-refractivity contribution is 4.75. The van der Waals surface area contributed by atoms with Crippen LogP contribution in [-0.2, 0) is 9.47 Å². The molecule has 0 aromatic carbocycles. The van der Waals surface area contributed by atoms with Gasteiger partial charge in [-0.2, -0.15) is 0 Å². The average molecular weight is 231 g/mol. The predicted molar refractivity (Wildman–Crippen MR) is 63.6 cm³/mol. The van der Waals surface area contributed by atoms with E-state index >= 15 is 0 Å². The number of hydrogen-bond acceptors (Lipinski definition) is 4. The van der Waals surface area contributed by atoms with Crippen molar-refractivity contribution in [1.29, 1.82) is 0 Å². The van der Waals surface area contributed by atoms with Gasteiger partial charge in [-0.25, -0.2) is 0 Å². The Kier molecular flexibility index (Phi) is 6.28. The standard InChI is InChI=1S/C12H25NO3/c1-3-6-13-9-12(2,14)10-15-8-11-5-4-7-16-11/h11,13-14H,3-10H2,1-2H3. The Hall–Kier alpha value is -0.160. The van der Waals surface area contributed by atoms with Crippen molar-refractivity contribution in [3.63, 3.8) is 0 Å². The third kappa shape index (κ3) is 5.80. The molecule has 1 heterocycles. The summed E-state index contributed by atoms with van der Waals surface area (Å²) in [7, 11) is 0. The van der Waals surface area contributed by atoms with Crippen molar-refractivity contribution in [3.8, 4) is 0 Å². The van der Waals surface area contributed by atoms with Crippen LogP contribution in [0.4, 0.5) is 0 Å². The molecule has 2 N–H and O–H groups in total. The molecular formula is C12H25NO3. The van der Waals surface area contributed by atoms with Crippen molar-refractivity contribution in [2.24, 2.45) is 0 Å². The van der Waals surface area contributed by atoms with E-state index in [2.05, 4.69) is 12.2 Å². The molecule has 0 saturated carbocycles. The van der Waals surface area contributed by atoms with Gasteiger partial charge >= 0.3 is 0 Å². The molecule has 0 aromatic heterocycles. The molecule has 2 unspecified atom stereocenters. The summed E-state index contributed by atoms with van der Waals surface area (Å²) in [6.45, 7) is 7.23. The van der Waals surface area contributed by atoms with Gasteiger partial charge in [-0.1, -0.05) is 6.92 Å². The average Bonchev–Trinajstić information content (AvgIpc) is 2.70. The molecule has 96 valence electrons. The van der Waals surface area contributed by atoms with Crippen LogP contribution in [0.25, 0.3) is 0 Å². The van der Waals surface area contributed by atoms with Crippen molar-refractivity contribution in [3.05, 3.63) is 0 Å². The van der Waals surface area contributed by atoms with Crippen molar-refractivity contribution in [2.75, 3.05) is 32.9 Å². The molecule has 1 saturated heterocycles. The summed E-state index contributed by atoms with van der Waals surface area (Å²) in [5.41, 5.74) is -0.784. The summed E-state index contributed by atoms with van der Waals surface area (Å²) in [5.74, 6) is 0. The molecule has 0 amide bonds. The van der Waals surface area contributed by atoms with Crippen LogP contribution in [-0.4, -0.2) is 49.7 Å². The molecule has 0 aromatic rings. The van der Waals surface area contributed by atoms with Gasteiger partial charge in [-0.3, -0.25) is 0 Å². The molecule has 16 heavy (non-hydrogen) atoms. The number of hydrogen-bond donors (Lipinski definition) is 2. The summed E-state index contributed by atoms with van der Waals surface area (Å²) < 4.78 is 10.9. The predicted octanol–water partition coefficient (Wildman–Crippen LogP) is 0.933. The molecule has 1 rings (SSSR count). The van der Waals surface area contributed by atoms with Gasteiger partial charge in [0.2, 0.25) is 0 Å². The van der Waals surface area contributed by atoms with Crippen LogP contribution in [0.2, 0.25) is 0 Å². The smallest absolute Gasteiger partial charge is 0.0975 e. The van der Waals surface area contributed by atoms with Crippen molar-refractivity contribution in [1.82, 2.24) is 5.32 Å². The third-order valence-corrected chi connectivity index (χ3v) is 2.67. The molecule has 4 nitrogen and oxygen atoms in total. The molecule has 4 heteroatoms. The fraction of sp³-hybridized carbons (Fsp3) is 1.00. The van der Waals surface area contributed by atoms with Gasteiger partial charge in [0.1, 0.15) is 0 Å². The fourth-order valence-corrected chi connectivity index (χ4v) is 1.77. The Morgan fingerprint density at radius 1 is 1.56 bits per heavy atom. The lowest BCUT2D eigenvalue weighted by molar-refractivity contribution is -0.0581. The zero-order valence-electron chi connectivity index (χ0n) is 10.5. The topological polar surface area (TPSA) is 50.7 Å². The van der Waals surface area contributed by atoms with E-state index in [1.54, 1.807) is 6.92 Å². The lowest BCUT2D eigenvalue weighted by Crippen LogP contribution is -2.42. The lowest BCUT2D eigenvalue weighted by atomic mass is 10.1. The molecule has 1 aliphatic rings. The first-order chi connectivity index (χ1) is 7.64. The van der Waals surface area contributed by atoms with Gasteiger partial charge in [0.05, 0.1) is 24.9 Å². The second kappa shape index (κ2) is 7.22. The molecule has 0 aliphatic carbocycles. The van der Waals surface area contributed by atoms with Gasteiger partial charge in [0.15, 0.2) is 0 Å². The highest BCUT2D eigenvalue weighted by Crippen LogP contribution is 2.13. The first kappa shape index (κ1) is 13.9. The largest absolute Gasteiger partial charge is 0.386 e. The fourth-order valence-electron chi connectivity index (χ4n) is 1.77. The highest BCUT2D eigenvalue weighted by atomic mass is 16.5. The minimum absolute atomic E-state index is 0.236. The first-order valence-electron chi connectivity index (χ1n) is 6.26. The summed E-state index contributed by atoms with van der Waals surface area (Å²) in [5, 5.41) is 13.2. The van der Waals surface area contributed by atoms with Gasteiger partial charge < -0.3 is 19.9 Å². The maximum absolute atomic E-state index is 9.99. The molecule has 0 bridgehead atoms. The van der Waals surface area contributed by atoms with Crippen molar-refractivity contribution < 1.29 is 14.6 Å². The van der Waals surface area contributed by atoms with Gasteiger partial charge in [-0.05, 0) is 32.7 Å². The Balaban J connectivity index is 2.04. The Labute approximate surface area is 98.3 Å². The number of ether oxygens (including phenoxy) is 2. The van der Waals surface area contributed by atoms with E-state index in [4.69, 9.17) is 9.47 Å². The quantitative estimate of drug-likeness (QED) is 0.610. The SMILES string of the molecule is CCCNCC(C)(O)COCC1CCCO1. The van der Waals surface area contributed by atoms with Crippen LogP contribution < -0.4 is 5.32 Å². The minimum atomic E-state index is -0.784. The summed E-state index contributed by atoms with van der Waals surface area (Å²) in [4.78, 5) is 0. The van der Waals surface area contributed by atoms with E-state index in [-0.39, 0.29) is 6.10 Å². The van der Waals surface area contributed by atoms with E-state index in [9.17, 15) is 5.11 Å². The zero-order chi connectivity index (χ0) is 11.9. The first-order valence-corrected chi connectivity index (χ1v) is 6.26. The second-order valence-electron chi connectivity index (χ2n) is 4.82. The maximum Gasteiger partial charge on any atom is 0.0975 e. The molecule has 1 fully saturated rings. The number of aliphatic hydroxyl groups is 1. The van der Waals surface area contributed by atoms with E-state index in [0.717, 1.165) is 32.4 Å². The summed E-state index contributed by atoms with van der Waals surface area (Å²) in [6.07, 6.45) is 3.52. The van der Waals surface area contributed by atoms with Crippen molar-refractivity contribution >= 4 is 0 Å². The van der Waals surface area contributed by atoms with Crippen LogP contribution in [0.1, 0.15) is 33.1 Å². The van der Waals surface area contributed by atoms with Crippen LogP contribution in [0.15, 0.2) is 0 Å². The lowest BCUT2D eigenvalue weighted by Gasteiger charge is -2.24. The Morgan fingerprint density at radius 3 is 3.00 bits per heavy atom. The van der Waals surface area contributed by atoms with Gasteiger partial charge in [0.25, 0.3) is 0 Å². The summed E-state index contributed by atoms with van der Waals surface area (Å²) >= 11 is 0. The van der Waals surface area contributed by atoms with E-state index in [1.165, 1.54) is 0 Å². The Bertz CT molecular complexity index is 179. The molecular weight excluding hydrogens is 206 g/mol. The number of rotatable bonds is 8.